The molecular formula is C12H15ClF3NO2S. The van der Waals surface area contributed by atoms with E-state index in [1.54, 1.807) is 0 Å². The van der Waals surface area contributed by atoms with Crippen LogP contribution in [0, 0.1) is 0 Å². The zero-order chi connectivity index (χ0) is 15.6. The average Bonchev–Trinajstić information content (AvgIpc) is 2.33. The quantitative estimate of drug-likeness (QED) is 0.776. The van der Waals surface area contributed by atoms with Crippen molar-refractivity contribution in [2.45, 2.75) is 31.5 Å². The Kier molecular flexibility index (Phi) is 5.46. The highest BCUT2D eigenvalue weighted by Crippen LogP contribution is 2.36. The van der Waals surface area contributed by atoms with Crippen molar-refractivity contribution in [3.8, 4) is 0 Å². The summed E-state index contributed by atoms with van der Waals surface area (Å²) in [6.07, 6.45) is -4.77. The topological polar surface area (TPSA) is 37.4 Å². The molecule has 1 aromatic carbocycles. The summed E-state index contributed by atoms with van der Waals surface area (Å²) in [5, 5.41) is 0. The maximum atomic E-state index is 12.9. The van der Waals surface area contributed by atoms with E-state index in [4.69, 9.17) is 10.7 Å². The number of benzene rings is 1. The fourth-order valence-electron chi connectivity index (χ4n) is 1.82. The SMILES string of the molecule is CCN(CC)Cc1ccc(S(=O)(=O)Cl)c(C(F)(F)F)c1. The van der Waals surface area contributed by atoms with Gasteiger partial charge in [-0.25, -0.2) is 8.42 Å². The number of halogens is 4. The molecule has 8 heteroatoms. The average molecular weight is 330 g/mol. The summed E-state index contributed by atoms with van der Waals surface area (Å²) >= 11 is 0. The van der Waals surface area contributed by atoms with Gasteiger partial charge in [0.05, 0.1) is 10.5 Å². The van der Waals surface area contributed by atoms with Crippen LogP contribution in [0.2, 0.25) is 0 Å². The van der Waals surface area contributed by atoms with Gasteiger partial charge in [-0.1, -0.05) is 19.9 Å². The molecule has 1 aromatic rings. The van der Waals surface area contributed by atoms with E-state index >= 15 is 0 Å². The van der Waals surface area contributed by atoms with Gasteiger partial charge >= 0.3 is 6.18 Å². The highest BCUT2D eigenvalue weighted by molar-refractivity contribution is 8.13. The van der Waals surface area contributed by atoms with Crippen LogP contribution in [-0.4, -0.2) is 26.4 Å². The maximum Gasteiger partial charge on any atom is 0.417 e. The summed E-state index contributed by atoms with van der Waals surface area (Å²) in [6, 6.07) is 3.10. The van der Waals surface area contributed by atoms with Gasteiger partial charge in [0.25, 0.3) is 9.05 Å². The summed E-state index contributed by atoms with van der Waals surface area (Å²) < 4.78 is 61.2. The fourth-order valence-corrected chi connectivity index (χ4v) is 2.89. The number of alkyl halides is 3. The summed E-state index contributed by atoms with van der Waals surface area (Å²) in [7, 11) is 0.610. The Balaban J connectivity index is 3.29. The van der Waals surface area contributed by atoms with Crippen LogP contribution in [0.15, 0.2) is 23.1 Å². The van der Waals surface area contributed by atoms with Gasteiger partial charge in [0, 0.05) is 17.2 Å². The Labute approximate surface area is 120 Å². The predicted molar refractivity (Wildman–Crippen MR) is 71.1 cm³/mol. The van der Waals surface area contributed by atoms with Crippen LogP contribution >= 0.6 is 10.7 Å². The maximum absolute atomic E-state index is 12.9. The van der Waals surface area contributed by atoms with Crippen molar-refractivity contribution in [2.75, 3.05) is 13.1 Å². The number of rotatable bonds is 5. The van der Waals surface area contributed by atoms with Gasteiger partial charge in [0.15, 0.2) is 0 Å². The second kappa shape index (κ2) is 6.32. The largest absolute Gasteiger partial charge is 0.417 e. The fraction of sp³-hybridized carbons (Fsp3) is 0.500. The third-order valence-corrected chi connectivity index (χ3v) is 4.29. The Morgan fingerprint density at radius 3 is 2.15 bits per heavy atom. The highest BCUT2D eigenvalue weighted by atomic mass is 35.7. The second-order valence-corrected chi connectivity index (χ2v) is 6.76. The first-order valence-corrected chi connectivity index (χ1v) is 8.27. The molecule has 0 unspecified atom stereocenters. The van der Waals surface area contributed by atoms with E-state index in [-0.39, 0.29) is 0 Å². The van der Waals surface area contributed by atoms with Crippen LogP contribution in [0.5, 0.6) is 0 Å². The first-order chi connectivity index (χ1) is 9.09. The van der Waals surface area contributed by atoms with Gasteiger partial charge in [0.1, 0.15) is 0 Å². The molecule has 0 atom stereocenters. The van der Waals surface area contributed by atoms with Gasteiger partial charge < -0.3 is 0 Å². The molecule has 0 aliphatic heterocycles. The Morgan fingerprint density at radius 2 is 1.75 bits per heavy atom. The van der Waals surface area contributed by atoms with Crippen molar-refractivity contribution in [2.24, 2.45) is 0 Å². The lowest BCUT2D eigenvalue weighted by molar-refractivity contribution is -0.139. The number of nitrogens with zero attached hydrogens (tertiary/aromatic N) is 1. The van der Waals surface area contributed by atoms with Crippen LogP contribution in [0.25, 0.3) is 0 Å². The summed E-state index contributed by atoms with van der Waals surface area (Å²) in [6.45, 7) is 5.48. The van der Waals surface area contributed by atoms with Gasteiger partial charge in [-0.05, 0) is 30.8 Å². The molecule has 0 N–H and O–H groups in total. The zero-order valence-electron chi connectivity index (χ0n) is 11.0. The minimum absolute atomic E-state index is 0.318. The second-order valence-electron chi connectivity index (χ2n) is 4.23. The van der Waals surface area contributed by atoms with Crippen molar-refractivity contribution in [3.05, 3.63) is 29.3 Å². The van der Waals surface area contributed by atoms with Crippen LogP contribution in [-0.2, 0) is 21.8 Å². The molecule has 0 saturated heterocycles. The van der Waals surface area contributed by atoms with Crippen molar-refractivity contribution in [3.63, 3.8) is 0 Å². The van der Waals surface area contributed by atoms with Gasteiger partial charge in [-0.15, -0.1) is 0 Å². The lowest BCUT2D eigenvalue weighted by atomic mass is 10.1. The van der Waals surface area contributed by atoms with E-state index in [9.17, 15) is 21.6 Å². The van der Waals surface area contributed by atoms with Crippen LogP contribution in [0.4, 0.5) is 13.2 Å². The first-order valence-electron chi connectivity index (χ1n) is 5.96. The molecule has 0 radical (unpaired) electrons. The lowest BCUT2D eigenvalue weighted by Gasteiger charge is -2.19. The molecule has 0 aromatic heterocycles. The van der Waals surface area contributed by atoms with E-state index in [0.717, 1.165) is 12.1 Å². The van der Waals surface area contributed by atoms with Crippen molar-refractivity contribution >= 4 is 19.7 Å². The smallest absolute Gasteiger partial charge is 0.300 e. The monoisotopic (exact) mass is 329 g/mol. The molecule has 3 nitrogen and oxygen atoms in total. The third kappa shape index (κ3) is 4.36. The molecule has 0 bridgehead atoms. The summed E-state index contributed by atoms with van der Waals surface area (Å²) in [4.78, 5) is 1.01. The molecule has 0 heterocycles. The Hall–Kier alpha value is -0.790. The van der Waals surface area contributed by atoms with Crippen molar-refractivity contribution in [1.29, 1.82) is 0 Å². The van der Waals surface area contributed by atoms with Gasteiger partial charge in [0.2, 0.25) is 0 Å². The van der Waals surface area contributed by atoms with Gasteiger partial charge in [-0.3, -0.25) is 4.90 Å². The lowest BCUT2D eigenvalue weighted by Crippen LogP contribution is -2.22. The Morgan fingerprint density at radius 1 is 1.20 bits per heavy atom. The molecule has 1 rings (SSSR count). The first kappa shape index (κ1) is 17.3. The van der Waals surface area contributed by atoms with E-state index < -0.39 is 25.7 Å². The summed E-state index contributed by atoms with van der Waals surface area (Å²) in [5.74, 6) is 0. The molecule has 0 aliphatic rings. The minimum atomic E-state index is -4.77. The highest BCUT2D eigenvalue weighted by Gasteiger charge is 2.37. The van der Waals surface area contributed by atoms with Gasteiger partial charge in [-0.2, -0.15) is 13.2 Å². The van der Waals surface area contributed by atoms with Crippen LogP contribution < -0.4 is 0 Å². The molecule has 0 amide bonds. The molecule has 0 saturated carbocycles. The number of hydrogen-bond donors (Lipinski definition) is 0. The molecule has 0 fully saturated rings. The standard InChI is InChI=1S/C12H15ClF3NO2S/c1-3-17(4-2)8-9-5-6-11(20(13,18)19)10(7-9)12(14,15)16/h5-7H,3-4,8H2,1-2H3. The third-order valence-electron chi connectivity index (χ3n) is 2.91. The normalized spacial score (nSPS) is 12.9. The van der Waals surface area contributed by atoms with E-state index in [1.165, 1.54) is 6.07 Å². The molecule has 20 heavy (non-hydrogen) atoms. The van der Waals surface area contributed by atoms with Crippen LogP contribution in [0.1, 0.15) is 25.0 Å². The van der Waals surface area contributed by atoms with Crippen LogP contribution in [0.3, 0.4) is 0 Å². The number of hydrogen-bond acceptors (Lipinski definition) is 3. The van der Waals surface area contributed by atoms with E-state index in [0.29, 0.717) is 25.2 Å². The molecule has 114 valence electrons. The predicted octanol–water partition coefficient (Wildman–Crippen LogP) is 3.47. The van der Waals surface area contributed by atoms with E-state index in [1.807, 2.05) is 18.7 Å². The molecular weight excluding hydrogens is 315 g/mol. The van der Waals surface area contributed by atoms with Crippen molar-refractivity contribution < 1.29 is 21.6 Å². The van der Waals surface area contributed by atoms with E-state index in [2.05, 4.69) is 0 Å². The Bertz CT molecular complexity index is 569. The van der Waals surface area contributed by atoms with Crippen molar-refractivity contribution in [1.82, 2.24) is 4.90 Å². The zero-order valence-corrected chi connectivity index (χ0v) is 12.6. The molecule has 0 aliphatic carbocycles. The minimum Gasteiger partial charge on any atom is -0.300 e. The molecule has 0 spiro atoms. The summed E-state index contributed by atoms with van der Waals surface area (Å²) in [5.41, 5.74) is -0.831.